The van der Waals surface area contributed by atoms with Crippen LogP contribution in [-0.2, 0) is 9.53 Å². The zero-order valence-corrected chi connectivity index (χ0v) is 28.0. The summed E-state index contributed by atoms with van der Waals surface area (Å²) in [6.07, 6.45) is 45.7. The normalized spacial score (nSPS) is 11.6. The molecule has 0 bridgehead atoms. The predicted molar refractivity (Wildman–Crippen MR) is 181 cm³/mol. The smallest absolute Gasteiger partial charge is 0.305 e. The van der Waals surface area contributed by atoms with Crippen LogP contribution in [0, 0.1) is 0 Å². The van der Waals surface area contributed by atoms with E-state index in [0.29, 0.717) is 19.6 Å². The summed E-state index contributed by atoms with van der Waals surface area (Å²) >= 11 is 0. The molecular weight excluding hydrogens is 504 g/mol. The number of unbranched alkanes of at least 4 members (excludes halogenated alkanes) is 28. The maximum atomic E-state index is 11.9. The lowest BCUT2D eigenvalue weighted by molar-refractivity contribution is -0.143. The predicted octanol–water partition coefficient (Wildman–Crippen LogP) is 12.6. The average molecular weight is 579 g/mol. The highest BCUT2D eigenvalue weighted by atomic mass is 16.5. The third-order valence-corrected chi connectivity index (χ3v) is 8.46. The van der Waals surface area contributed by atoms with Crippen molar-refractivity contribution in [1.29, 1.82) is 0 Å². The van der Waals surface area contributed by atoms with Gasteiger partial charge in [-0.25, -0.2) is 0 Å². The van der Waals surface area contributed by atoms with Gasteiger partial charge >= 0.3 is 5.97 Å². The Hall–Kier alpha value is -0.830. The molecule has 0 aliphatic heterocycles. The Morgan fingerprint density at radius 3 is 1.22 bits per heavy atom. The highest BCUT2D eigenvalue weighted by molar-refractivity contribution is 5.69. The first-order chi connectivity index (χ1) is 20.3. The van der Waals surface area contributed by atoms with Gasteiger partial charge in [-0.05, 0) is 44.9 Å². The topological polar surface area (TPSA) is 46.5 Å². The van der Waals surface area contributed by atoms with Crippen molar-refractivity contribution in [2.75, 3.05) is 13.2 Å². The lowest BCUT2D eigenvalue weighted by Gasteiger charge is -2.06. The standard InChI is InChI=1S/C38H74O3/c1-2-3-4-5-6-7-8-9-10-11-14-17-20-23-26-29-32-35-38(40)41-37-34-31-28-25-22-19-16-13-12-15-18-21-24-27-30-33-36-39/h9-10,39H,2-8,11-37H2,1H3. The van der Waals surface area contributed by atoms with Crippen molar-refractivity contribution >= 4 is 5.97 Å². The largest absolute Gasteiger partial charge is 0.466 e. The van der Waals surface area contributed by atoms with Crippen molar-refractivity contribution in [3.63, 3.8) is 0 Å². The molecule has 0 aromatic rings. The highest BCUT2D eigenvalue weighted by Crippen LogP contribution is 2.15. The Balaban J connectivity index is 3.18. The Kier molecular flexibility index (Phi) is 36.4. The number of rotatable bonds is 35. The molecule has 1 N–H and O–H groups in total. The first kappa shape index (κ1) is 40.2. The van der Waals surface area contributed by atoms with Crippen LogP contribution in [0.1, 0.15) is 212 Å². The van der Waals surface area contributed by atoms with Crippen molar-refractivity contribution in [1.82, 2.24) is 0 Å². The second kappa shape index (κ2) is 37.2. The van der Waals surface area contributed by atoms with Crippen LogP contribution >= 0.6 is 0 Å². The van der Waals surface area contributed by atoms with Gasteiger partial charge in [-0.3, -0.25) is 4.79 Å². The fourth-order valence-electron chi connectivity index (χ4n) is 5.64. The van der Waals surface area contributed by atoms with E-state index in [4.69, 9.17) is 9.84 Å². The van der Waals surface area contributed by atoms with Crippen LogP contribution in [0.4, 0.5) is 0 Å². The Labute approximate surface area is 258 Å². The molecule has 0 amide bonds. The molecule has 0 rings (SSSR count). The first-order valence-corrected chi connectivity index (χ1v) is 18.7. The summed E-state index contributed by atoms with van der Waals surface area (Å²) in [7, 11) is 0. The second-order valence-electron chi connectivity index (χ2n) is 12.6. The lowest BCUT2D eigenvalue weighted by Crippen LogP contribution is -2.05. The number of esters is 1. The van der Waals surface area contributed by atoms with Crippen LogP contribution in [0.25, 0.3) is 0 Å². The van der Waals surface area contributed by atoms with Crippen LogP contribution < -0.4 is 0 Å². The Bertz CT molecular complexity index is 516. The van der Waals surface area contributed by atoms with Crippen molar-refractivity contribution in [2.45, 2.75) is 212 Å². The molecule has 244 valence electrons. The lowest BCUT2D eigenvalue weighted by atomic mass is 10.0. The number of aliphatic hydroxyl groups is 1. The quantitative estimate of drug-likeness (QED) is 0.0462. The molecule has 3 heteroatoms. The van der Waals surface area contributed by atoms with Crippen molar-refractivity contribution in [3.05, 3.63) is 12.2 Å². The molecule has 0 saturated heterocycles. The molecule has 0 atom stereocenters. The van der Waals surface area contributed by atoms with Crippen LogP contribution in [0.3, 0.4) is 0 Å². The maximum Gasteiger partial charge on any atom is 0.305 e. The number of allylic oxidation sites excluding steroid dienone is 2. The number of aliphatic hydroxyl groups excluding tert-OH is 1. The average Bonchev–Trinajstić information content (AvgIpc) is 2.98. The zero-order chi connectivity index (χ0) is 29.7. The second-order valence-corrected chi connectivity index (χ2v) is 12.6. The van der Waals surface area contributed by atoms with Gasteiger partial charge in [-0.15, -0.1) is 0 Å². The number of hydrogen-bond acceptors (Lipinski definition) is 3. The molecule has 0 fully saturated rings. The molecule has 3 nitrogen and oxygen atoms in total. The molecule has 0 aliphatic rings. The molecule has 0 aromatic heterocycles. The number of hydrogen-bond donors (Lipinski definition) is 1. The molecule has 0 spiro atoms. The van der Waals surface area contributed by atoms with E-state index in [0.717, 1.165) is 19.3 Å². The van der Waals surface area contributed by atoms with E-state index in [-0.39, 0.29) is 5.97 Å². The van der Waals surface area contributed by atoms with Crippen molar-refractivity contribution in [3.8, 4) is 0 Å². The molecule has 0 unspecified atom stereocenters. The molecule has 0 saturated carbocycles. The van der Waals surface area contributed by atoms with Gasteiger partial charge in [0.2, 0.25) is 0 Å². The minimum Gasteiger partial charge on any atom is -0.466 e. The summed E-state index contributed by atoms with van der Waals surface area (Å²) in [6.45, 7) is 3.25. The highest BCUT2D eigenvalue weighted by Gasteiger charge is 2.02. The van der Waals surface area contributed by atoms with Gasteiger partial charge in [0.15, 0.2) is 0 Å². The summed E-state index contributed by atoms with van der Waals surface area (Å²) in [6, 6.07) is 0. The summed E-state index contributed by atoms with van der Waals surface area (Å²) in [5.74, 6) is 0.0134. The monoisotopic (exact) mass is 579 g/mol. The zero-order valence-electron chi connectivity index (χ0n) is 28.0. The van der Waals surface area contributed by atoms with Gasteiger partial charge in [0.1, 0.15) is 0 Å². The van der Waals surface area contributed by atoms with Gasteiger partial charge in [-0.1, -0.05) is 173 Å². The molecule has 0 aromatic carbocycles. The van der Waals surface area contributed by atoms with Gasteiger partial charge in [0, 0.05) is 13.0 Å². The molecular formula is C38H74O3. The van der Waals surface area contributed by atoms with E-state index in [2.05, 4.69) is 19.1 Å². The number of carbonyl (C=O) groups excluding carboxylic acids is 1. The Morgan fingerprint density at radius 2 is 0.805 bits per heavy atom. The van der Waals surface area contributed by atoms with E-state index < -0.39 is 0 Å². The SMILES string of the molecule is CCCCCCCCC=CCCCCCCCCCC(=O)OCCCCCCCCCCCCCCCCCCO. The fourth-order valence-corrected chi connectivity index (χ4v) is 5.64. The van der Waals surface area contributed by atoms with Crippen LogP contribution in [0.5, 0.6) is 0 Å². The third-order valence-electron chi connectivity index (χ3n) is 8.46. The Morgan fingerprint density at radius 1 is 0.463 bits per heavy atom. The van der Waals surface area contributed by atoms with Crippen molar-refractivity contribution < 1.29 is 14.6 Å². The van der Waals surface area contributed by atoms with E-state index in [9.17, 15) is 4.79 Å². The maximum absolute atomic E-state index is 11.9. The van der Waals surface area contributed by atoms with Gasteiger partial charge in [-0.2, -0.15) is 0 Å². The molecule has 41 heavy (non-hydrogen) atoms. The fraction of sp³-hybridized carbons (Fsp3) is 0.921. The van der Waals surface area contributed by atoms with E-state index in [1.54, 1.807) is 0 Å². The van der Waals surface area contributed by atoms with E-state index in [1.165, 1.54) is 180 Å². The summed E-state index contributed by atoms with van der Waals surface area (Å²) in [5, 5.41) is 8.78. The summed E-state index contributed by atoms with van der Waals surface area (Å²) in [5.41, 5.74) is 0. The molecule has 0 heterocycles. The summed E-state index contributed by atoms with van der Waals surface area (Å²) in [4.78, 5) is 11.9. The van der Waals surface area contributed by atoms with Crippen LogP contribution in [0.2, 0.25) is 0 Å². The van der Waals surface area contributed by atoms with E-state index >= 15 is 0 Å². The van der Waals surface area contributed by atoms with Gasteiger partial charge in [0.25, 0.3) is 0 Å². The first-order valence-electron chi connectivity index (χ1n) is 18.7. The molecule has 0 radical (unpaired) electrons. The van der Waals surface area contributed by atoms with Crippen LogP contribution in [0.15, 0.2) is 12.2 Å². The van der Waals surface area contributed by atoms with E-state index in [1.807, 2.05) is 0 Å². The minimum atomic E-state index is 0.0134. The number of ether oxygens (including phenoxy) is 1. The molecule has 0 aliphatic carbocycles. The van der Waals surface area contributed by atoms with Crippen LogP contribution in [-0.4, -0.2) is 24.3 Å². The minimum absolute atomic E-state index is 0.0134. The summed E-state index contributed by atoms with van der Waals surface area (Å²) < 4.78 is 5.44. The third kappa shape index (κ3) is 37.1. The number of carbonyl (C=O) groups is 1. The van der Waals surface area contributed by atoms with Gasteiger partial charge < -0.3 is 9.84 Å². The van der Waals surface area contributed by atoms with Gasteiger partial charge in [0.05, 0.1) is 6.61 Å². The van der Waals surface area contributed by atoms with Crippen molar-refractivity contribution in [2.24, 2.45) is 0 Å².